The van der Waals surface area contributed by atoms with Crippen LogP contribution in [0.25, 0.3) is 0 Å². The first-order chi connectivity index (χ1) is 11.0. The summed E-state index contributed by atoms with van der Waals surface area (Å²) in [4.78, 5) is 12.5. The molecule has 134 valence electrons. The van der Waals surface area contributed by atoms with Gasteiger partial charge in [0.2, 0.25) is 5.91 Å². The van der Waals surface area contributed by atoms with Crippen LogP contribution in [0.2, 0.25) is 0 Å². The third-order valence-corrected chi connectivity index (χ3v) is 5.87. The third kappa shape index (κ3) is 3.91. The van der Waals surface area contributed by atoms with Crippen molar-refractivity contribution < 1.29 is 4.79 Å². The van der Waals surface area contributed by atoms with Gasteiger partial charge in [-0.05, 0) is 76.3 Å². The molecule has 2 heteroatoms. The maximum Gasteiger partial charge on any atom is 0.223 e. The van der Waals surface area contributed by atoms with Gasteiger partial charge in [0.05, 0.1) is 6.04 Å². The van der Waals surface area contributed by atoms with E-state index in [0.717, 1.165) is 0 Å². The molecule has 2 nitrogen and oxygen atoms in total. The van der Waals surface area contributed by atoms with E-state index in [-0.39, 0.29) is 17.9 Å². The minimum atomic E-state index is -0.0304. The number of hydrogen-bond donors (Lipinski definition) is 1. The normalized spacial score (nSPS) is 21.5. The Hall–Kier alpha value is -1.57. The van der Waals surface area contributed by atoms with Gasteiger partial charge in [-0.1, -0.05) is 38.0 Å². The lowest BCUT2D eigenvalue weighted by molar-refractivity contribution is -0.124. The van der Waals surface area contributed by atoms with E-state index in [0.29, 0.717) is 5.92 Å². The highest BCUT2D eigenvalue weighted by Crippen LogP contribution is 2.40. The van der Waals surface area contributed by atoms with Crippen molar-refractivity contribution in [2.45, 2.75) is 75.3 Å². The Morgan fingerprint density at radius 1 is 1.08 bits per heavy atom. The standard InChI is InChI=1S/C22H35NO/c1-11-13(4)14(5)19(10)21(23-22(24)12(2)3)20-17(8)15(6)16(7)18(20)9/h11-12,17,21H,1-10H3,(H,23,24). The van der Waals surface area contributed by atoms with Gasteiger partial charge >= 0.3 is 0 Å². The summed E-state index contributed by atoms with van der Waals surface area (Å²) >= 11 is 0. The van der Waals surface area contributed by atoms with Gasteiger partial charge in [-0.15, -0.1) is 0 Å². The topological polar surface area (TPSA) is 29.1 Å². The summed E-state index contributed by atoms with van der Waals surface area (Å²) in [7, 11) is 0. The smallest absolute Gasteiger partial charge is 0.223 e. The number of carbonyl (C=O) groups is 1. The van der Waals surface area contributed by atoms with Gasteiger partial charge in [0.25, 0.3) is 0 Å². The molecular weight excluding hydrogens is 294 g/mol. The van der Waals surface area contributed by atoms with Crippen LogP contribution >= 0.6 is 0 Å². The van der Waals surface area contributed by atoms with Crippen molar-refractivity contribution in [3.8, 4) is 0 Å². The molecule has 0 saturated carbocycles. The molecule has 0 spiro atoms. The molecule has 0 fully saturated rings. The van der Waals surface area contributed by atoms with Crippen molar-refractivity contribution in [1.82, 2.24) is 5.32 Å². The monoisotopic (exact) mass is 329 g/mol. The lowest BCUT2D eigenvalue weighted by Crippen LogP contribution is -2.41. The molecule has 0 aliphatic heterocycles. The molecule has 0 aromatic carbocycles. The summed E-state index contributed by atoms with van der Waals surface area (Å²) in [5.74, 6) is 0.465. The van der Waals surface area contributed by atoms with E-state index in [1.165, 1.54) is 39.0 Å². The second-order valence-corrected chi connectivity index (χ2v) is 7.49. The Labute approximate surface area is 148 Å². The van der Waals surface area contributed by atoms with Crippen LogP contribution in [0.3, 0.4) is 0 Å². The first-order valence-corrected chi connectivity index (χ1v) is 9.03. The zero-order chi connectivity index (χ0) is 18.8. The predicted molar refractivity (Wildman–Crippen MR) is 105 cm³/mol. The Kier molecular flexibility index (Phi) is 6.83. The van der Waals surface area contributed by atoms with E-state index in [2.05, 4.69) is 66.8 Å². The summed E-state index contributed by atoms with van der Waals surface area (Å²) < 4.78 is 0. The number of allylic oxidation sites excluding steroid dienone is 6. The quantitative estimate of drug-likeness (QED) is 0.641. The molecule has 0 aromatic heterocycles. The highest BCUT2D eigenvalue weighted by Gasteiger charge is 2.32. The van der Waals surface area contributed by atoms with E-state index in [1.54, 1.807) is 0 Å². The lowest BCUT2D eigenvalue weighted by atomic mass is 9.85. The summed E-state index contributed by atoms with van der Waals surface area (Å²) in [6, 6.07) is -0.0304. The van der Waals surface area contributed by atoms with Crippen molar-refractivity contribution in [1.29, 1.82) is 0 Å². The first kappa shape index (κ1) is 20.5. The Morgan fingerprint density at radius 3 is 2.00 bits per heavy atom. The molecule has 24 heavy (non-hydrogen) atoms. The largest absolute Gasteiger partial charge is 0.346 e. The van der Waals surface area contributed by atoms with Crippen LogP contribution < -0.4 is 5.32 Å². The lowest BCUT2D eigenvalue weighted by Gasteiger charge is -2.28. The van der Waals surface area contributed by atoms with Crippen LogP contribution in [0.5, 0.6) is 0 Å². The van der Waals surface area contributed by atoms with Gasteiger partial charge in [-0.2, -0.15) is 0 Å². The predicted octanol–water partition coefficient (Wildman–Crippen LogP) is 5.73. The minimum absolute atomic E-state index is 0.0174. The van der Waals surface area contributed by atoms with Gasteiger partial charge in [0.1, 0.15) is 0 Å². The van der Waals surface area contributed by atoms with Crippen molar-refractivity contribution in [3.63, 3.8) is 0 Å². The Balaban J connectivity index is 3.45. The fourth-order valence-corrected chi connectivity index (χ4v) is 3.33. The third-order valence-electron chi connectivity index (χ3n) is 5.87. The minimum Gasteiger partial charge on any atom is -0.346 e. The van der Waals surface area contributed by atoms with E-state index in [1.807, 2.05) is 13.8 Å². The molecule has 1 rings (SSSR count). The molecule has 0 saturated heterocycles. The maximum absolute atomic E-state index is 12.5. The van der Waals surface area contributed by atoms with Gasteiger partial charge in [-0.25, -0.2) is 0 Å². The molecular formula is C22H35NO. The second kappa shape index (κ2) is 8.00. The summed E-state index contributed by atoms with van der Waals surface area (Å²) in [6.07, 6.45) is 2.13. The van der Waals surface area contributed by atoms with Crippen LogP contribution in [0, 0.1) is 11.8 Å². The molecule has 1 N–H and O–H groups in total. The zero-order valence-corrected chi connectivity index (χ0v) is 17.2. The molecule has 0 bridgehead atoms. The second-order valence-electron chi connectivity index (χ2n) is 7.49. The van der Waals surface area contributed by atoms with Crippen LogP contribution in [-0.2, 0) is 4.79 Å². The van der Waals surface area contributed by atoms with Crippen molar-refractivity contribution >= 4 is 5.91 Å². The average Bonchev–Trinajstić information content (AvgIpc) is 2.74. The van der Waals surface area contributed by atoms with Crippen molar-refractivity contribution in [3.05, 3.63) is 45.1 Å². The van der Waals surface area contributed by atoms with E-state index < -0.39 is 0 Å². The first-order valence-electron chi connectivity index (χ1n) is 9.03. The number of hydrogen-bond acceptors (Lipinski definition) is 1. The molecule has 0 aromatic rings. The zero-order valence-electron chi connectivity index (χ0n) is 17.2. The van der Waals surface area contributed by atoms with Crippen LogP contribution in [0.1, 0.15) is 69.2 Å². The van der Waals surface area contributed by atoms with Crippen LogP contribution in [-0.4, -0.2) is 11.9 Å². The average molecular weight is 330 g/mol. The van der Waals surface area contributed by atoms with Gasteiger partial charge in [-0.3, -0.25) is 4.79 Å². The Morgan fingerprint density at radius 2 is 1.62 bits per heavy atom. The SMILES string of the molecule is CC=C(C)C(C)=C(C)C(NC(=O)C(C)C)C1=C(C)C(C)=C(C)C1C. The highest BCUT2D eigenvalue weighted by atomic mass is 16.1. The van der Waals surface area contributed by atoms with Gasteiger partial charge in [0, 0.05) is 11.8 Å². The Bertz CT molecular complexity index is 641. The highest BCUT2D eigenvalue weighted by molar-refractivity contribution is 5.79. The number of amides is 1. The molecule has 0 radical (unpaired) electrons. The fourth-order valence-electron chi connectivity index (χ4n) is 3.33. The summed E-state index contributed by atoms with van der Waals surface area (Å²) in [5, 5.41) is 3.31. The van der Waals surface area contributed by atoms with Gasteiger partial charge < -0.3 is 5.32 Å². The fraction of sp³-hybridized carbons (Fsp3) is 0.591. The van der Waals surface area contributed by atoms with E-state index in [4.69, 9.17) is 0 Å². The molecule has 2 atom stereocenters. The maximum atomic E-state index is 12.5. The number of nitrogens with one attached hydrogen (secondary N) is 1. The molecule has 1 amide bonds. The molecule has 1 aliphatic carbocycles. The van der Waals surface area contributed by atoms with Gasteiger partial charge in [0.15, 0.2) is 0 Å². The summed E-state index contributed by atoms with van der Waals surface area (Å²) in [5.41, 5.74) is 9.24. The van der Waals surface area contributed by atoms with E-state index in [9.17, 15) is 4.79 Å². The van der Waals surface area contributed by atoms with Crippen LogP contribution in [0.4, 0.5) is 0 Å². The molecule has 2 unspecified atom stereocenters. The van der Waals surface area contributed by atoms with Crippen LogP contribution in [0.15, 0.2) is 45.1 Å². The summed E-state index contributed by atoms with van der Waals surface area (Å²) in [6.45, 7) is 21.3. The van der Waals surface area contributed by atoms with Crippen molar-refractivity contribution in [2.75, 3.05) is 0 Å². The van der Waals surface area contributed by atoms with Crippen molar-refractivity contribution in [2.24, 2.45) is 11.8 Å². The molecule has 1 aliphatic rings. The number of rotatable bonds is 5. The number of carbonyl (C=O) groups excluding carboxylic acids is 1. The van der Waals surface area contributed by atoms with E-state index >= 15 is 0 Å². The molecule has 0 heterocycles.